The van der Waals surface area contributed by atoms with E-state index in [1.165, 1.54) is 25.3 Å². The predicted molar refractivity (Wildman–Crippen MR) is 72.1 cm³/mol. The van der Waals surface area contributed by atoms with Crippen molar-refractivity contribution in [2.24, 2.45) is 0 Å². The predicted octanol–water partition coefficient (Wildman–Crippen LogP) is 3.40. The number of anilines is 1. The SMILES string of the molecule is COc1cc(F)ccc1NC(=O)c1cccc(C)c1. The molecule has 0 spiro atoms. The Hall–Kier alpha value is -2.36. The fourth-order valence-electron chi connectivity index (χ4n) is 1.75. The van der Waals surface area contributed by atoms with Crippen LogP contribution in [0, 0.1) is 12.7 Å². The van der Waals surface area contributed by atoms with Gasteiger partial charge in [-0.15, -0.1) is 0 Å². The second-order valence-electron chi connectivity index (χ2n) is 4.17. The van der Waals surface area contributed by atoms with Gasteiger partial charge in [0.1, 0.15) is 11.6 Å². The van der Waals surface area contributed by atoms with Gasteiger partial charge in [-0.3, -0.25) is 4.79 Å². The maximum atomic E-state index is 13.1. The molecule has 0 fully saturated rings. The number of hydrogen-bond donors (Lipinski definition) is 1. The van der Waals surface area contributed by atoms with Crippen LogP contribution in [0.2, 0.25) is 0 Å². The minimum Gasteiger partial charge on any atom is -0.494 e. The summed E-state index contributed by atoms with van der Waals surface area (Å²) in [6, 6.07) is 11.2. The highest BCUT2D eigenvalue weighted by Crippen LogP contribution is 2.25. The molecule has 2 rings (SSSR count). The zero-order valence-electron chi connectivity index (χ0n) is 10.7. The van der Waals surface area contributed by atoms with Crippen molar-refractivity contribution in [1.82, 2.24) is 0 Å². The van der Waals surface area contributed by atoms with Gasteiger partial charge in [-0.1, -0.05) is 17.7 Å². The number of carbonyl (C=O) groups is 1. The number of halogens is 1. The lowest BCUT2D eigenvalue weighted by Crippen LogP contribution is -2.12. The normalized spacial score (nSPS) is 10.1. The lowest BCUT2D eigenvalue weighted by molar-refractivity contribution is 0.102. The van der Waals surface area contributed by atoms with Gasteiger partial charge in [-0.25, -0.2) is 4.39 Å². The van der Waals surface area contributed by atoms with Crippen molar-refractivity contribution >= 4 is 11.6 Å². The number of amides is 1. The molecule has 0 radical (unpaired) electrons. The summed E-state index contributed by atoms with van der Waals surface area (Å²) in [6.45, 7) is 1.91. The summed E-state index contributed by atoms with van der Waals surface area (Å²) in [7, 11) is 1.43. The highest BCUT2D eigenvalue weighted by atomic mass is 19.1. The van der Waals surface area contributed by atoms with Crippen LogP contribution in [-0.2, 0) is 0 Å². The van der Waals surface area contributed by atoms with Crippen LogP contribution in [0.4, 0.5) is 10.1 Å². The third-order valence-electron chi connectivity index (χ3n) is 2.69. The van der Waals surface area contributed by atoms with Gasteiger partial charge in [0.2, 0.25) is 0 Å². The van der Waals surface area contributed by atoms with E-state index in [0.717, 1.165) is 5.56 Å². The summed E-state index contributed by atoms with van der Waals surface area (Å²) in [6.07, 6.45) is 0. The maximum Gasteiger partial charge on any atom is 0.255 e. The van der Waals surface area contributed by atoms with Gasteiger partial charge < -0.3 is 10.1 Å². The molecule has 0 aliphatic heterocycles. The second-order valence-corrected chi connectivity index (χ2v) is 4.17. The Balaban J connectivity index is 2.24. The number of carbonyl (C=O) groups excluding carboxylic acids is 1. The van der Waals surface area contributed by atoms with Crippen LogP contribution in [0.25, 0.3) is 0 Å². The summed E-state index contributed by atoms with van der Waals surface area (Å²) < 4.78 is 18.1. The van der Waals surface area contributed by atoms with Crippen molar-refractivity contribution in [3.63, 3.8) is 0 Å². The minimum absolute atomic E-state index is 0.256. The van der Waals surface area contributed by atoms with Gasteiger partial charge in [-0.05, 0) is 31.2 Å². The van der Waals surface area contributed by atoms with Crippen LogP contribution < -0.4 is 10.1 Å². The van der Waals surface area contributed by atoms with Crippen molar-refractivity contribution in [2.75, 3.05) is 12.4 Å². The fraction of sp³-hybridized carbons (Fsp3) is 0.133. The van der Waals surface area contributed by atoms with Gasteiger partial charge in [0, 0.05) is 11.6 Å². The van der Waals surface area contributed by atoms with Gasteiger partial charge in [-0.2, -0.15) is 0 Å². The first kappa shape index (κ1) is 13.1. The number of nitrogens with one attached hydrogen (secondary N) is 1. The minimum atomic E-state index is -0.412. The molecule has 2 aromatic rings. The zero-order chi connectivity index (χ0) is 13.8. The number of methoxy groups -OCH3 is 1. The van der Waals surface area contributed by atoms with Crippen LogP contribution >= 0.6 is 0 Å². The quantitative estimate of drug-likeness (QED) is 0.917. The standard InChI is InChI=1S/C15H14FNO2/c1-10-4-3-5-11(8-10)15(18)17-13-7-6-12(16)9-14(13)19-2/h3-9H,1-2H3,(H,17,18). The van der Waals surface area contributed by atoms with Gasteiger partial charge in [0.05, 0.1) is 12.8 Å². The molecule has 1 amide bonds. The first-order chi connectivity index (χ1) is 9.10. The van der Waals surface area contributed by atoms with Crippen LogP contribution in [0.3, 0.4) is 0 Å². The summed E-state index contributed by atoms with van der Waals surface area (Å²) in [5.74, 6) is -0.375. The average molecular weight is 259 g/mol. The Morgan fingerprint density at radius 3 is 2.68 bits per heavy atom. The van der Waals surface area contributed by atoms with Gasteiger partial charge in [0.25, 0.3) is 5.91 Å². The monoisotopic (exact) mass is 259 g/mol. The van der Waals surface area contributed by atoms with Crippen LogP contribution in [-0.4, -0.2) is 13.0 Å². The number of aryl methyl sites for hydroxylation is 1. The van der Waals surface area contributed by atoms with E-state index in [2.05, 4.69) is 5.32 Å². The van der Waals surface area contributed by atoms with E-state index in [1.54, 1.807) is 12.1 Å². The maximum absolute atomic E-state index is 13.1. The third kappa shape index (κ3) is 3.10. The Morgan fingerprint density at radius 1 is 1.21 bits per heavy atom. The molecule has 0 saturated heterocycles. The summed E-state index contributed by atoms with van der Waals surface area (Å²) >= 11 is 0. The summed E-state index contributed by atoms with van der Waals surface area (Å²) in [4.78, 5) is 12.1. The highest BCUT2D eigenvalue weighted by molar-refractivity contribution is 6.05. The van der Waals surface area contributed by atoms with E-state index >= 15 is 0 Å². The van der Waals surface area contributed by atoms with E-state index in [4.69, 9.17) is 4.74 Å². The lowest BCUT2D eigenvalue weighted by Gasteiger charge is -2.10. The smallest absolute Gasteiger partial charge is 0.255 e. The molecular formula is C15H14FNO2. The molecule has 1 N–H and O–H groups in total. The first-order valence-electron chi connectivity index (χ1n) is 5.81. The summed E-state index contributed by atoms with van der Waals surface area (Å²) in [5, 5.41) is 2.70. The molecule has 0 aromatic heterocycles. The molecule has 0 heterocycles. The largest absolute Gasteiger partial charge is 0.494 e. The van der Waals surface area contributed by atoms with Crippen LogP contribution in [0.5, 0.6) is 5.75 Å². The fourth-order valence-corrected chi connectivity index (χ4v) is 1.75. The van der Waals surface area contributed by atoms with E-state index in [9.17, 15) is 9.18 Å². The molecule has 98 valence electrons. The van der Waals surface area contributed by atoms with E-state index in [-0.39, 0.29) is 5.91 Å². The topological polar surface area (TPSA) is 38.3 Å². The second kappa shape index (κ2) is 5.52. The number of benzene rings is 2. The highest BCUT2D eigenvalue weighted by Gasteiger charge is 2.10. The Labute approximate surface area is 111 Å². The number of rotatable bonds is 3. The van der Waals surface area contributed by atoms with Gasteiger partial charge in [0.15, 0.2) is 0 Å². The molecule has 0 unspecified atom stereocenters. The molecule has 0 aliphatic rings. The molecule has 3 nitrogen and oxygen atoms in total. The van der Waals surface area contributed by atoms with Crippen LogP contribution in [0.15, 0.2) is 42.5 Å². The third-order valence-corrected chi connectivity index (χ3v) is 2.69. The van der Waals surface area contributed by atoms with Gasteiger partial charge >= 0.3 is 0 Å². The molecule has 0 bridgehead atoms. The Bertz CT molecular complexity index is 611. The first-order valence-corrected chi connectivity index (χ1v) is 5.81. The molecule has 0 aliphatic carbocycles. The van der Waals surface area contributed by atoms with Crippen molar-refractivity contribution in [3.8, 4) is 5.75 Å². The van der Waals surface area contributed by atoms with Crippen molar-refractivity contribution < 1.29 is 13.9 Å². The molecule has 19 heavy (non-hydrogen) atoms. The summed E-state index contributed by atoms with van der Waals surface area (Å²) in [5.41, 5.74) is 1.99. The van der Waals surface area contributed by atoms with E-state index in [1.807, 2.05) is 19.1 Å². The number of hydrogen-bond acceptors (Lipinski definition) is 2. The zero-order valence-corrected chi connectivity index (χ0v) is 10.7. The Morgan fingerprint density at radius 2 is 2.00 bits per heavy atom. The lowest BCUT2D eigenvalue weighted by atomic mass is 10.1. The number of ether oxygens (including phenoxy) is 1. The molecule has 0 atom stereocenters. The van der Waals surface area contributed by atoms with Crippen molar-refractivity contribution in [2.45, 2.75) is 6.92 Å². The van der Waals surface area contributed by atoms with E-state index in [0.29, 0.717) is 17.0 Å². The molecular weight excluding hydrogens is 245 g/mol. The Kier molecular flexibility index (Phi) is 3.80. The average Bonchev–Trinajstić information content (AvgIpc) is 2.40. The molecule has 2 aromatic carbocycles. The molecule has 4 heteroatoms. The van der Waals surface area contributed by atoms with Crippen LogP contribution in [0.1, 0.15) is 15.9 Å². The van der Waals surface area contributed by atoms with Crippen molar-refractivity contribution in [3.05, 3.63) is 59.4 Å². The van der Waals surface area contributed by atoms with E-state index < -0.39 is 5.82 Å². The van der Waals surface area contributed by atoms with Crippen molar-refractivity contribution in [1.29, 1.82) is 0 Å². The molecule has 0 saturated carbocycles.